The normalized spacial score (nSPS) is 11.8. The van der Waals surface area contributed by atoms with Gasteiger partial charge in [-0.1, -0.05) is 42.1 Å². The maximum absolute atomic E-state index is 13.3. The Hall–Kier alpha value is -3.24. The number of rotatable bonds is 8. The molecule has 2 aromatic carbocycles. The van der Waals surface area contributed by atoms with Gasteiger partial charge in [-0.05, 0) is 51.7 Å². The van der Waals surface area contributed by atoms with Crippen molar-refractivity contribution in [2.75, 3.05) is 12.9 Å². The highest BCUT2D eigenvalue weighted by atomic mass is 32.2. The van der Waals surface area contributed by atoms with Crippen molar-refractivity contribution in [2.45, 2.75) is 11.2 Å². The van der Waals surface area contributed by atoms with Crippen LogP contribution in [0, 0.1) is 5.82 Å². The van der Waals surface area contributed by atoms with Crippen LogP contribution in [0.1, 0.15) is 16.5 Å². The number of halogens is 1. The number of nitrogens with one attached hydrogen (secondary N) is 1. The van der Waals surface area contributed by atoms with Crippen molar-refractivity contribution in [1.82, 2.24) is 25.5 Å². The molecular formula is C21H18FN5O2S2. The molecule has 0 saturated heterocycles. The number of carbonyl (C=O) groups is 1. The topological polar surface area (TPSA) is 81.9 Å². The van der Waals surface area contributed by atoms with Crippen LogP contribution < -0.4 is 10.1 Å². The fraction of sp³-hybridized carbons (Fsp3) is 0.143. The van der Waals surface area contributed by atoms with Crippen LogP contribution in [-0.2, 0) is 4.79 Å². The van der Waals surface area contributed by atoms with Gasteiger partial charge in [0.2, 0.25) is 11.1 Å². The summed E-state index contributed by atoms with van der Waals surface area (Å²) in [5.41, 5.74) is 1.49. The molecule has 0 aliphatic heterocycles. The third kappa shape index (κ3) is 4.92. The molecule has 0 fully saturated rings. The zero-order valence-electron chi connectivity index (χ0n) is 16.4. The lowest BCUT2D eigenvalue weighted by Crippen LogP contribution is -2.30. The van der Waals surface area contributed by atoms with E-state index in [-0.39, 0.29) is 23.5 Å². The molecule has 1 N–H and O–H groups in total. The Balaban J connectivity index is 1.48. The molecule has 0 bridgehead atoms. The molecule has 0 saturated carbocycles. The molecule has 158 valence electrons. The van der Waals surface area contributed by atoms with Crippen molar-refractivity contribution >= 4 is 29.0 Å². The number of hydrogen-bond acceptors (Lipinski definition) is 7. The number of carbonyl (C=O) groups excluding carboxylic acids is 1. The van der Waals surface area contributed by atoms with E-state index in [0.29, 0.717) is 16.6 Å². The third-order valence-corrected chi connectivity index (χ3v) is 6.28. The van der Waals surface area contributed by atoms with Crippen LogP contribution in [0.4, 0.5) is 4.39 Å². The zero-order valence-corrected chi connectivity index (χ0v) is 18.1. The van der Waals surface area contributed by atoms with Crippen molar-refractivity contribution < 1.29 is 13.9 Å². The van der Waals surface area contributed by atoms with Crippen LogP contribution in [0.15, 0.2) is 71.2 Å². The maximum atomic E-state index is 13.3. The Bertz CT molecular complexity index is 1150. The molecule has 0 aliphatic rings. The van der Waals surface area contributed by atoms with Gasteiger partial charge in [0.05, 0.1) is 18.9 Å². The van der Waals surface area contributed by atoms with Crippen LogP contribution >= 0.6 is 23.1 Å². The van der Waals surface area contributed by atoms with Crippen LogP contribution in [-0.4, -0.2) is 39.0 Å². The van der Waals surface area contributed by atoms with Gasteiger partial charge in [0.1, 0.15) is 17.3 Å². The number of ether oxygens (including phenoxy) is 1. The number of thioether (sulfide) groups is 1. The summed E-state index contributed by atoms with van der Waals surface area (Å²) >= 11 is 2.74. The van der Waals surface area contributed by atoms with Gasteiger partial charge < -0.3 is 10.1 Å². The Morgan fingerprint density at radius 2 is 2.00 bits per heavy atom. The van der Waals surface area contributed by atoms with Crippen LogP contribution in [0.25, 0.3) is 5.69 Å². The van der Waals surface area contributed by atoms with Crippen LogP contribution in [0.3, 0.4) is 0 Å². The molecular weight excluding hydrogens is 437 g/mol. The van der Waals surface area contributed by atoms with E-state index >= 15 is 0 Å². The van der Waals surface area contributed by atoms with E-state index < -0.39 is 0 Å². The van der Waals surface area contributed by atoms with Crippen molar-refractivity contribution in [3.8, 4) is 11.4 Å². The molecule has 0 spiro atoms. The lowest BCUT2D eigenvalue weighted by molar-refractivity contribution is -0.119. The molecule has 4 rings (SSSR count). The second-order valence-corrected chi connectivity index (χ2v) is 8.32. The Morgan fingerprint density at radius 1 is 1.19 bits per heavy atom. The number of aromatic nitrogens is 4. The van der Waals surface area contributed by atoms with Gasteiger partial charge in [0.15, 0.2) is 0 Å². The van der Waals surface area contributed by atoms with E-state index in [9.17, 15) is 9.18 Å². The summed E-state index contributed by atoms with van der Waals surface area (Å²) in [6, 6.07) is 17.0. The number of para-hydroxylation sites is 2. The number of thiophene rings is 1. The molecule has 0 radical (unpaired) electrons. The average molecular weight is 456 g/mol. The maximum Gasteiger partial charge on any atom is 0.231 e. The molecule has 31 heavy (non-hydrogen) atoms. The predicted molar refractivity (Wildman–Crippen MR) is 117 cm³/mol. The van der Waals surface area contributed by atoms with E-state index in [1.165, 1.54) is 39.9 Å². The predicted octanol–water partition coefficient (Wildman–Crippen LogP) is 3.87. The fourth-order valence-corrected chi connectivity index (χ4v) is 4.48. The largest absolute Gasteiger partial charge is 0.494 e. The minimum atomic E-state index is -0.362. The van der Waals surface area contributed by atoms with E-state index in [0.717, 1.165) is 10.4 Å². The first kappa shape index (κ1) is 21.0. The number of tetrazole rings is 1. The molecule has 0 aliphatic carbocycles. The number of nitrogens with zero attached hydrogens (tertiary/aromatic N) is 4. The molecule has 7 nitrogen and oxygen atoms in total. The molecule has 1 atom stereocenters. The SMILES string of the molecule is COc1ccccc1-n1nnnc1SCC(=O)N[C@H](c1ccc(F)cc1)c1cccs1. The second kappa shape index (κ2) is 9.71. The van der Waals surface area contributed by atoms with E-state index in [1.807, 2.05) is 41.8 Å². The van der Waals surface area contributed by atoms with Crippen molar-refractivity contribution in [3.63, 3.8) is 0 Å². The first-order valence-electron chi connectivity index (χ1n) is 9.28. The zero-order chi connectivity index (χ0) is 21.6. The first-order chi connectivity index (χ1) is 15.2. The minimum Gasteiger partial charge on any atom is -0.494 e. The summed E-state index contributed by atoms with van der Waals surface area (Å²) in [6.07, 6.45) is 0. The Morgan fingerprint density at radius 3 is 2.74 bits per heavy atom. The molecule has 1 amide bonds. The van der Waals surface area contributed by atoms with E-state index in [2.05, 4.69) is 20.8 Å². The summed E-state index contributed by atoms with van der Waals surface area (Å²) in [5, 5.41) is 17.2. The Labute approximate surface area is 186 Å². The lowest BCUT2D eigenvalue weighted by atomic mass is 10.1. The standard InChI is InChI=1S/C21H18FN5O2S2/c1-29-17-6-3-2-5-16(17)27-21(24-25-26-27)31-13-19(28)23-20(18-7-4-12-30-18)14-8-10-15(22)11-9-14/h2-12,20H,13H2,1H3,(H,23,28)/t20-/m1/s1. The van der Waals surface area contributed by atoms with Gasteiger partial charge >= 0.3 is 0 Å². The number of benzene rings is 2. The number of methoxy groups -OCH3 is 1. The number of hydrogen-bond donors (Lipinski definition) is 1. The van der Waals surface area contributed by atoms with Crippen molar-refractivity contribution in [1.29, 1.82) is 0 Å². The molecule has 0 unspecified atom stereocenters. The monoisotopic (exact) mass is 455 g/mol. The van der Waals surface area contributed by atoms with Crippen molar-refractivity contribution in [3.05, 3.63) is 82.3 Å². The van der Waals surface area contributed by atoms with Gasteiger partial charge in [0, 0.05) is 4.88 Å². The quantitative estimate of drug-likeness (QED) is 0.406. The van der Waals surface area contributed by atoms with Crippen LogP contribution in [0.2, 0.25) is 0 Å². The summed E-state index contributed by atoms with van der Waals surface area (Å²) in [4.78, 5) is 13.7. The highest BCUT2D eigenvalue weighted by Gasteiger charge is 2.20. The van der Waals surface area contributed by atoms with Gasteiger partial charge in [-0.25, -0.2) is 4.39 Å². The van der Waals surface area contributed by atoms with Gasteiger partial charge in [-0.2, -0.15) is 4.68 Å². The summed E-state index contributed by atoms with van der Waals surface area (Å²) < 4.78 is 20.3. The van der Waals surface area contributed by atoms with Gasteiger partial charge in [-0.15, -0.1) is 16.4 Å². The summed E-state index contributed by atoms with van der Waals surface area (Å²) in [7, 11) is 1.57. The van der Waals surface area contributed by atoms with Crippen molar-refractivity contribution in [2.24, 2.45) is 0 Å². The first-order valence-corrected chi connectivity index (χ1v) is 11.1. The number of amides is 1. The van der Waals surface area contributed by atoms with Gasteiger partial charge in [-0.3, -0.25) is 4.79 Å². The van der Waals surface area contributed by atoms with Crippen LogP contribution in [0.5, 0.6) is 5.75 Å². The molecule has 2 heterocycles. The fourth-order valence-electron chi connectivity index (χ4n) is 2.99. The molecule has 2 aromatic heterocycles. The summed E-state index contributed by atoms with van der Waals surface area (Å²) in [6.45, 7) is 0. The van der Waals surface area contributed by atoms with Gasteiger partial charge in [0.25, 0.3) is 0 Å². The molecule has 4 aromatic rings. The second-order valence-electron chi connectivity index (χ2n) is 6.40. The minimum absolute atomic E-state index is 0.110. The van der Waals surface area contributed by atoms with E-state index in [1.54, 1.807) is 19.2 Å². The summed E-state index contributed by atoms with van der Waals surface area (Å²) in [5.74, 6) is 0.217. The highest BCUT2D eigenvalue weighted by Crippen LogP contribution is 2.28. The average Bonchev–Trinajstić information content (AvgIpc) is 3.49. The van der Waals surface area contributed by atoms with E-state index in [4.69, 9.17) is 4.74 Å². The third-order valence-electron chi connectivity index (χ3n) is 4.42. The molecule has 10 heteroatoms. The Kier molecular flexibility index (Phi) is 6.58. The smallest absolute Gasteiger partial charge is 0.231 e. The highest BCUT2D eigenvalue weighted by molar-refractivity contribution is 7.99. The lowest BCUT2D eigenvalue weighted by Gasteiger charge is -2.18.